The van der Waals surface area contributed by atoms with Gasteiger partial charge in [-0.05, 0) is 23.8 Å². The highest BCUT2D eigenvalue weighted by atomic mass is 19.1. The van der Waals surface area contributed by atoms with Gasteiger partial charge < -0.3 is 10.6 Å². The summed E-state index contributed by atoms with van der Waals surface area (Å²) in [5.41, 5.74) is 7.02. The standard InChI is InChI=1S/C14H15F2N3/c1-19(9-10-3-2-4-12(15)5-10)14-11(7-17)6-13(16)8-18-14/h2-6,8H,7,9,17H2,1H3. The fraction of sp³-hybridized carbons (Fsp3) is 0.214. The van der Waals surface area contributed by atoms with Gasteiger partial charge in [0.1, 0.15) is 17.5 Å². The molecule has 100 valence electrons. The summed E-state index contributed by atoms with van der Waals surface area (Å²) in [6.07, 6.45) is 1.15. The third-order valence-corrected chi connectivity index (χ3v) is 2.80. The lowest BCUT2D eigenvalue weighted by atomic mass is 10.2. The molecule has 0 amide bonds. The Balaban J connectivity index is 2.22. The third kappa shape index (κ3) is 3.26. The maximum atomic E-state index is 13.1. The fourth-order valence-electron chi connectivity index (χ4n) is 1.95. The van der Waals surface area contributed by atoms with E-state index >= 15 is 0 Å². The number of benzene rings is 1. The highest BCUT2D eigenvalue weighted by molar-refractivity contribution is 5.46. The van der Waals surface area contributed by atoms with E-state index in [2.05, 4.69) is 4.98 Å². The van der Waals surface area contributed by atoms with Crippen molar-refractivity contribution >= 4 is 5.82 Å². The van der Waals surface area contributed by atoms with E-state index < -0.39 is 5.82 Å². The Hall–Kier alpha value is -2.01. The van der Waals surface area contributed by atoms with Gasteiger partial charge in [-0.1, -0.05) is 12.1 Å². The van der Waals surface area contributed by atoms with Crippen molar-refractivity contribution in [2.24, 2.45) is 5.73 Å². The van der Waals surface area contributed by atoms with Crippen LogP contribution in [0.2, 0.25) is 0 Å². The van der Waals surface area contributed by atoms with Gasteiger partial charge in [-0.2, -0.15) is 0 Å². The Morgan fingerprint density at radius 2 is 2.00 bits per heavy atom. The Kier molecular flexibility index (Phi) is 4.06. The van der Waals surface area contributed by atoms with Crippen molar-refractivity contribution < 1.29 is 8.78 Å². The van der Waals surface area contributed by atoms with E-state index in [4.69, 9.17) is 5.73 Å². The molecule has 0 aliphatic rings. The molecule has 2 N–H and O–H groups in total. The first kappa shape index (κ1) is 13.4. The van der Waals surface area contributed by atoms with Crippen molar-refractivity contribution in [3.05, 3.63) is 59.3 Å². The first-order valence-corrected chi connectivity index (χ1v) is 5.90. The molecule has 0 spiro atoms. The van der Waals surface area contributed by atoms with Crippen LogP contribution in [-0.2, 0) is 13.1 Å². The summed E-state index contributed by atoms with van der Waals surface area (Å²) < 4.78 is 26.2. The topological polar surface area (TPSA) is 42.2 Å². The molecular weight excluding hydrogens is 248 g/mol. The lowest BCUT2D eigenvalue weighted by Gasteiger charge is -2.21. The van der Waals surface area contributed by atoms with Crippen LogP contribution >= 0.6 is 0 Å². The van der Waals surface area contributed by atoms with Crippen molar-refractivity contribution in [1.29, 1.82) is 0 Å². The van der Waals surface area contributed by atoms with Gasteiger partial charge in [-0.3, -0.25) is 0 Å². The number of hydrogen-bond donors (Lipinski definition) is 1. The molecule has 0 bridgehead atoms. The summed E-state index contributed by atoms with van der Waals surface area (Å²) in [4.78, 5) is 5.86. The molecule has 0 aliphatic heterocycles. The van der Waals surface area contributed by atoms with Crippen molar-refractivity contribution in [2.75, 3.05) is 11.9 Å². The quantitative estimate of drug-likeness (QED) is 0.921. The number of nitrogens with two attached hydrogens (primary N) is 1. The van der Waals surface area contributed by atoms with Crippen molar-refractivity contribution in [3.63, 3.8) is 0 Å². The second-order valence-electron chi connectivity index (χ2n) is 4.33. The largest absolute Gasteiger partial charge is 0.355 e. The van der Waals surface area contributed by atoms with Gasteiger partial charge >= 0.3 is 0 Å². The van der Waals surface area contributed by atoms with Gasteiger partial charge in [-0.25, -0.2) is 13.8 Å². The van der Waals surface area contributed by atoms with Crippen LogP contribution in [0, 0.1) is 11.6 Å². The second kappa shape index (κ2) is 5.75. The monoisotopic (exact) mass is 263 g/mol. The van der Waals surface area contributed by atoms with Crippen LogP contribution in [0.1, 0.15) is 11.1 Å². The molecule has 19 heavy (non-hydrogen) atoms. The first-order valence-electron chi connectivity index (χ1n) is 5.90. The van der Waals surface area contributed by atoms with E-state index in [1.54, 1.807) is 6.07 Å². The van der Waals surface area contributed by atoms with Crippen LogP contribution in [-0.4, -0.2) is 12.0 Å². The molecule has 1 heterocycles. The minimum absolute atomic E-state index is 0.202. The maximum absolute atomic E-state index is 13.1. The number of nitrogens with zero attached hydrogens (tertiary/aromatic N) is 2. The second-order valence-corrected chi connectivity index (χ2v) is 4.33. The van der Waals surface area contributed by atoms with E-state index in [1.807, 2.05) is 18.0 Å². The van der Waals surface area contributed by atoms with Gasteiger partial charge in [0, 0.05) is 25.7 Å². The normalized spacial score (nSPS) is 10.5. The molecule has 1 aromatic carbocycles. The predicted octanol–water partition coefficient (Wildman–Crippen LogP) is 2.45. The number of anilines is 1. The molecule has 1 aromatic heterocycles. The van der Waals surface area contributed by atoms with Gasteiger partial charge in [0.2, 0.25) is 0 Å². The van der Waals surface area contributed by atoms with Crippen LogP contribution in [0.25, 0.3) is 0 Å². The zero-order chi connectivity index (χ0) is 13.8. The van der Waals surface area contributed by atoms with Crippen molar-refractivity contribution in [2.45, 2.75) is 13.1 Å². The van der Waals surface area contributed by atoms with E-state index in [9.17, 15) is 8.78 Å². The molecular formula is C14H15F2N3. The van der Waals surface area contributed by atoms with Crippen molar-refractivity contribution in [1.82, 2.24) is 4.98 Å². The molecule has 0 saturated carbocycles. The molecule has 0 unspecified atom stereocenters. The molecule has 0 radical (unpaired) electrons. The fourth-order valence-corrected chi connectivity index (χ4v) is 1.95. The SMILES string of the molecule is CN(Cc1cccc(F)c1)c1ncc(F)cc1CN. The average Bonchev–Trinajstić information content (AvgIpc) is 2.38. The molecule has 3 nitrogen and oxygen atoms in total. The summed E-state index contributed by atoms with van der Waals surface area (Å²) in [5, 5.41) is 0. The smallest absolute Gasteiger partial charge is 0.141 e. The highest BCUT2D eigenvalue weighted by Gasteiger charge is 2.10. The zero-order valence-corrected chi connectivity index (χ0v) is 10.6. The molecule has 2 rings (SSSR count). The summed E-state index contributed by atoms with van der Waals surface area (Å²) in [5.74, 6) is -0.0893. The Morgan fingerprint density at radius 3 is 2.68 bits per heavy atom. The minimum Gasteiger partial charge on any atom is -0.355 e. The van der Waals surface area contributed by atoms with E-state index in [1.165, 1.54) is 18.2 Å². The summed E-state index contributed by atoms with van der Waals surface area (Å²) >= 11 is 0. The van der Waals surface area contributed by atoms with Crippen LogP contribution in [0.4, 0.5) is 14.6 Å². The predicted molar refractivity (Wildman–Crippen MR) is 70.6 cm³/mol. The molecule has 2 aromatic rings. The zero-order valence-electron chi connectivity index (χ0n) is 10.6. The molecule has 0 fully saturated rings. The van der Waals surface area contributed by atoms with E-state index in [0.29, 0.717) is 17.9 Å². The third-order valence-electron chi connectivity index (χ3n) is 2.80. The highest BCUT2D eigenvalue weighted by Crippen LogP contribution is 2.19. The number of aromatic nitrogens is 1. The van der Waals surface area contributed by atoms with Crippen molar-refractivity contribution in [3.8, 4) is 0 Å². The molecule has 5 heteroatoms. The van der Waals surface area contributed by atoms with Crippen LogP contribution in [0.3, 0.4) is 0 Å². The Labute approximate surface area is 110 Å². The average molecular weight is 263 g/mol. The minimum atomic E-state index is -0.414. The first-order chi connectivity index (χ1) is 9.10. The number of pyridine rings is 1. The van der Waals surface area contributed by atoms with Gasteiger partial charge in [0.05, 0.1) is 6.20 Å². The number of hydrogen-bond acceptors (Lipinski definition) is 3. The Morgan fingerprint density at radius 1 is 1.21 bits per heavy atom. The lowest BCUT2D eigenvalue weighted by molar-refractivity contribution is 0.617. The van der Waals surface area contributed by atoms with Gasteiger partial charge in [0.15, 0.2) is 0 Å². The van der Waals surface area contributed by atoms with Crippen LogP contribution < -0.4 is 10.6 Å². The van der Waals surface area contributed by atoms with Crippen LogP contribution in [0.5, 0.6) is 0 Å². The van der Waals surface area contributed by atoms with Gasteiger partial charge in [-0.15, -0.1) is 0 Å². The number of rotatable bonds is 4. The lowest BCUT2D eigenvalue weighted by Crippen LogP contribution is -2.20. The van der Waals surface area contributed by atoms with E-state index in [-0.39, 0.29) is 12.4 Å². The molecule has 0 saturated heterocycles. The van der Waals surface area contributed by atoms with E-state index in [0.717, 1.165) is 11.8 Å². The van der Waals surface area contributed by atoms with Gasteiger partial charge in [0.25, 0.3) is 0 Å². The summed E-state index contributed by atoms with van der Waals surface area (Å²) in [6.45, 7) is 0.678. The maximum Gasteiger partial charge on any atom is 0.141 e. The van der Waals surface area contributed by atoms with Crippen LogP contribution in [0.15, 0.2) is 36.5 Å². The Bertz CT molecular complexity index is 572. The summed E-state index contributed by atoms with van der Waals surface area (Å²) in [6, 6.07) is 7.70. The summed E-state index contributed by atoms with van der Waals surface area (Å²) in [7, 11) is 1.81. The molecule has 0 aliphatic carbocycles. The number of halogens is 2. The molecule has 0 atom stereocenters.